The van der Waals surface area contributed by atoms with E-state index in [1.807, 2.05) is 55.1 Å². The van der Waals surface area contributed by atoms with Gasteiger partial charge in [-0.1, -0.05) is 36.4 Å². The largest absolute Gasteiger partial charge is 0.484 e. The van der Waals surface area contributed by atoms with Gasteiger partial charge in [-0.05, 0) is 61.9 Å². The molecule has 0 aliphatic heterocycles. The number of benzene rings is 2. The molecule has 126 valence electrons. The molecule has 0 spiro atoms. The van der Waals surface area contributed by atoms with Crippen molar-refractivity contribution in [1.29, 1.82) is 0 Å². The van der Waals surface area contributed by atoms with Gasteiger partial charge in [0.15, 0.2) is 6.61 Å². The SMILES string of the molecule is CC(C)N(Cc1ccccc1)C(=O)COc1ccc2c(c1)CCC2. The highest BCUT2D eigenvalue weighted by Gasteiger charge is 2.18. The minimum atomic E-state index is 0.0225. The van der Waals surface area contributed by atoms with Crippen LogP contribution in [0.25, 0.3) is 0 Å². The molecule has 3 nitrogen and oxygen atoms in total. The van der Waals surface area contributed by atoms with Gasteiger partial charge in [0.05, 0.1) is 0 Å². The lowest BCUT2D eigenvalue weighted by Crippen LogP contribution is -2.39. The predicted octanol–water partition coefficient (Wildman–Crippen LogP) is 3.99. The summed E-state index contributed by atoms with van der Waals surface area (Å²) >= 11 is 0. The lowest BCUT2D eigenvalue weighted by molar-refractivity contribution is -0.135. The molecule has 2 aromatic carbocycles. The summed E-state index contributed by atoms with van der Waals surface area (Å²) in [7, 11) is 0. The first-order valence-corrected chi connectivity index (χ1v) is 8.71. The number of rotatable bonds is 6. The van der Waals surface area contributed by atoms with Crippen LogP contribution in [0.3, 0.4) is 0 Å². The van der Waals surface area contributed by atoms with Crippen molar-refractivity contribution in [3.8, 4) is 5.75 Å². The Hall–Kier alpha value is -2.29. The molecular formula is C21H25NO2. The molecule has 24 heavy (non-hydrogen) atoms. The Kier molecular flexibility index (Phi) is 5.19. The van der Waals surface area contributed by atoms with Gasteiger partial charge in [-0.15, -0.1) is 0 Å². The Balaban J connectivity index is 1.61. The maximum absolute atomic E-state index is 12.6. The average molecular weight is 323 g/mol. The van der Waals surface area contributed by atoms with E-state index in [0.717, 1.165) is 24.2 Å². The molecule has 0 bridgehead atoms. The van der Waals surface area contributed by atoms with E-state index in [0.29, 0.717) is 6.54 Å². The monoisotopic (exact) mass is 323 g/mol. The van der Waals surface area contributed by atoms with Crippen molar-refractivity contribution in [2.75, 3.05) is 6.61 Å². The molecule has 0 saturated heterocycles. The molecular weight excluding hydrogens is 298 g/mol. The fourth-order valence-electron chi connectivity index (χ4n) is 3.20. The fourth-order valence-corrected chi connectivity index (χ4v) is 3.20. The third-order valence-electron chi connectivity index (χ3n) is 4.57. The van der Waals surface area contributed by atoms with E-state index < -0.39 is 0 Å². The van der Waals surface area contributed by atoms with Crippen molar-refractivity contribution in [3.05, 3.63) is 65.2 Å². The van der Waals surface area contributed by atoms with Crippen LogP contribution in [0.1, 0.15) is 37.0 Å². The van der Waals surface area contributed by atoms with Crippen LogP contribution >= 0.6 is 0 Å². The summed E-state index contributed by atoms with van der Waals surface area (Å²) in [6, 6.07) is 16.4. The number of hydrogen-bond donors (Lipinski definition) is 0. The highest BCUT2D eigenvalue weighted by molar-refractivity contribution is 5.78. The Morgan fingerprint density at radius 2 is 1.83 bits per heavy atom. The summed E-state index contributed by atoms with van der Waals surface area (Å²) in [5.74, 6) is 0.821. The van der Waals surface area contributed by atoms with Crippen LogP contribution in [0.2, 0.25) is 0 Å². The molecule has 1 amide bonds. The molecule has 3 heteroatoms. The van der Waals surface area contributed by atoms with Gasteiger partial charge in [-0.25, -0.2) is 0 Å². The maximum Gasteiger partial charge on any atom is 0.261 e. The van der Waals surface area contributed by atoms with Gasteiger partial charge in [0.2, 0.25) is 0 Å². The number of nitrogens with zero attached hydrogens (tertiary/aromatic N) is 1. The summed E-state index contributed by atoms with van der Waals surface area (Å²) in [6.07, 6.45) is 3.50. The molecule has 1 aliphatic carbocycles. The van der Waals surface area contributed by atoms with Gasteiger partial charge in [0, 0.05) is 12.6 Å². The second-order valence-electron chi connectivity index (χ2n) is 6.67. The van der Waals surface area contributed by atoms with Crippen LogP contribution in [0.15, 0.2) is 48.5 Å². The standard InChI is InChI=1S/C21H25NO2/c1-16(2)22(14-17-7-4-3-5-8-17)21(23)15-24-20-12-11-18-9-6-10-19(18)13-20/h3-5,7-8,11-13,16H,6,9-10,14-15H2,1-2H3. The van der Waals surface area contributed by atoms with Gasteiger partial charge in [-0.2, -0.15) is 0 Å². The Morgan fingerprint density at radius 1 is 1.08 bits per heavy atom. The Labute approximate surface area is 144 Å². The first-order valence-electron chi connectivity index (χ1n) is 8.71. The Bertz CT molecular complexity index is 694. The van der Waals surface area contributed by atoms with Crippen LogP contribution in [-0.4, -0.2) is 23.5 Å². The number of ether oxygens (including phenoxy) is 1. The number of amides is 1. The smallest absolute Gasteiger partial charge is 0.261 e. The zero-order chi connectivity index (χ0) is 16.9. The second kappa shape index (κ2) is 7.52. The molecule has 1 aliphatic rings. The maximum atomic E-state index is 12.6. The van der Waals surface area contributed by atoms with E-state index in [1.54, 1.807) is 0 Å². The van der Waals surface area contributed by atoms with Crippen LogP contribution in [0.5, 0.6) is 5.75 Å². The number of aryl methyl sites for hydroxylation is 2. The fraction of sp³-hybridized carbons (Fsp3) is 0.381. The quantitative estimate of drug-likeness (QED) is 0.804. The molecule has 0 saturated carbocycles. The van der Waals surface area contributed by atoms with Crippen molar-refractivity contribution in [1.82, 2.24) is 4.90 Å². The van der Waals surface area contributed by atoms with E-state index in [9.17, 15) is 4.79 Å². The van der Waals surface area contributed by atoms with Gasteiger partial charge in [0.1, 0.15) is 5.75 Å². The zero-order valence-corrected chi connectivity index (χ0v) is 14.5. The lowest BCUT2D eigenvalue weighted by atomic mass is 10.1. The van der Waals surface area contributed by atoms with Crippen LogP contribution < -0.4 is 4.74 Å². The van der Waals surface area contributed by atoms with Gasteiger partial charge in [-0.3, -0.25) is 4.79 Å². The number of carbonyl (C=O) groups excluding carboxylic acids is 1. The molecule has 0 aromatic heterocycles. The van der Waals surface area contributed by atoms with E-state index in [4.69, 9.17) is 4.74 Å². The first kappa shape index (κ1) is 16.6. The highest BCUT2D eigenvalue weighted by Crippen LogP contribution is 2.26. The molecule has 0 heterocycles. The third kappa shape index (κ3) is 3.97. The molecule has 3 rings (SSSR count). The van der Waals surface area contributed by atoms with Crippen LogP contribution in [0.4, 0.5) is 0 Å². The topological polar surface area (TPSA) is 29.5 Å². The van der Waals surface area contributed by atoms with E-state index in [-0.39, 0.29) is 18.6 Å². The molecule has 2 aromatic rings. The predicted molar refractivity (Wildman–Crippen MR) is 96.1 cm³/mol. The summed E-state index contributed by atoms with van der Waals surface area (Å²) in [5, 5.41) is 0. The van der Waals surface area contributed by atoms with Gasteiger partial charge < -0.3 is 9.64 Å². The minimum absolute atomic E-state index is 0.0225. The van der Waals surface area contributed by atoms with Crippen molar-refractivity contribution in [2.24, 2.45) is 0 Å². The number of carbonyl (C=O) groups is 1. The van der Waals surface area contributed by atoms with Crippen LogP contribution in [-0.2, 0) is 24.2 Å². The lowest BCUT2D eigenvalue weighted by Gasteiger charge is -2.27. The Morgan fingerprint density at radius 3 is 2.58 bits per heavy atom. The van der Waals surface area contributed by atoms with Gasteiger partial charge in [0.25, 0.3) is 5.91 Å². The molecule has 0 N–H and O–H groups in total. The third-order valence-corrected chi connectivity index (χ3v) is 4.57. The van der Waals surface area contributed by atoms with Crippen molar-refractivity contribution < 1.29 is 9.53 Å². The molecule has 0 atom stereocenters. The van der Waals surface area contributed by atoms with Gasteiger partial charge >= 0.3 is 0 Å². The second-order valence-corrected chi connectivity index (χ2v) is 6.67. The molecule has 0 radical (unpaired) electrons. The average Bonchev–Trinajstić information content (AvgIpc) is 3.06. The number of hydrogen-bond acceptors (Lipinski definition) is 2. The zero-order valence-electron chi connectivity index (χ0n) is 14.5. The van der Waals surface area contributed by atoms with E-state index in [2.05, 4.69) is 12.1 Å². The summed E-state index contributed by atoms with van der Waals surface area (Å²) in [6.45, 7) is 4.78. The summed E-state index contributed by atoms with van der Waals surface area (Å²) < 4.78 is 5.77. The summed E-state index contributed by atoms with van der Waals surface area (Å²) in [4.78, 5) is 14.5. The molecule has 0 fully saturated rings. The highest BCUT2D eigenvalue weighted by atomic mass is 16.5. The normalized spacial score (nSPS) is 13.0. The molecule has 0 unspecified atom stereocenters. The van der Waals surface area contributed by atoms with Crippen LogP contribution in [0, 0.1) is 0 Å². The first-order chi connectivity index (χ1) is 11.6. The van der Waals surface area contributed by atoms with Crippen molar-refractivity contribution in [3.63, 3.8) is 0 Å². The minimum Gasteiger partial charge on any atom is -0.484 e. The number of fused-ring (bicyclic) bond motifs is 1. The van der Waals surface area contributed by atoms with Crippen molar-refractivity contribution >= 4 is 5.91 Å². The van der Waals surface area contributed by atoms with E-state index in [1.165, 1.54) is 17.5 Å². The van der Waals surface area contributed by atoms with E-state index >= 15 is 0 Å². The summed E-state index contributed by atoms with van der Waals surface area (Å²) in [5.41, 5.74) is 3.92. The van der Waals surface area contributed by atoms with Crippen molar-refractivity contribution in [2.45, 2.75) is 45.7 Å².